The lowest BCUT2D eigenvalue weighted by molar-refractivity contribution is -0.921. The fraction of sp³-hybridized carbons (Fsp3) is 0.611. The van der Waals surface area contributed by atoms with Crippen LogP contribution in [0.4, 0.5) is 0 Å². The first-order valence-corrected chi connectivity index (χ1v) is 8.49. The van der Waals surface area contributed by atoms with Gasteiger partial charge in [0.15, 0.2) is 0 Å². The highest BCUT2D eigenvalue weighted by atomic mass is 16.2. The summed E-state index contributed by atoms with van der Waals surface area (Å²) in [7, 11) is 0. The lowest BCUT2D eigenvalue weighted by atomic mass is 9.95. The summed E-state index contributed by atoms with van der Waals surface area (Å²) in [6.07, 6.45) is 5.96. The highest BCUT2D eigenvalue weighted by Crippen LogP contribution is 2.16. The van der Waals surface area contributed by atoms with Gasteiger partial charge in [-0.1, -0.05) is 30.3 Å². The maximum absolute atomic E-state index is 12.7. The van der Waals surface area contributed by atoms with Crippen LogP contribution in [0.5, 0.6) is 0 Å². The molecule has 1 aromatic carbocycles. The van der Waals surface area contributed by atoms with Crippen molar-refractivity contribution in [1.29, 1.82) is 0 Å². The summed E-state index contributed by atoms with van der Waals surface area (Å²) in [5, 5.41) is 0. The van der Waals surface area contributed by atoms with Crippen molar-refractivity contribution in [2.75, 3.05) is 26.2 Å². The molecule has 2 fully saturated rings. The zero-order valence-electron chi connectivity index (χ0n) is 12.9. The van der Waals surface area contributed by atoms with Gasteiger partial charge in [0.05, 0.1) is 19.0 Å². The van der Waals surface area contributed by atoms with Gasteiger partial charge >= 0.3 is 0 Å². The molecule has 2 saturated heterocycles. The van der Waals surface area contributed by atoms with Gasteiger partial charge in [-0.3, -0.25) is 4.79 Å². The number of carbonyl (C=O) groups excluding carboxylic acids is 1. The molecule has 3 heteroatoms. The van der Waals surface area contributed by atoms with Crippen molar-refractivity contribution in [3.05, 3.63) is 35.9 Å². The van der Waals surface area contributed by atoms with Crippen LogP contribution in [0.15, 0.2) is 30.3 Å². The predicted octanol–water partition coefficient (Wildman–Crippen LogP) is 1.49. The largest absolute Gasteiger partial charge is 0.342 e. The molecular formula is C18H27N2O+. The van der Waals surface area contributed by atoms with Gasteiger partial charge in [0, 0.05) is 18.7 Å². The van der Waals surface area contributed by atoms with E-state index >= 15 is 0 Å². The quantitative estimate of drug-likeness (QED) is 0.895. The van der Waals surface area contributed by atoms with E-state index in [-0.39, 0.29) is 5.92 Å². The molecule has 0 bridgehead atoms. The number of hydrogen-bond acceptors (Lipinski definition) is 1. The van der Waals surface area contributed by atoms with E-state index in [2.05, 4.69) is 35.2 Å². The van der Waals surface area contributed by atoms with Crippen molar-refractivity contribution in [3.8, 4) is 0 Å². The maximum Gasteiger partial charge on any atom is 0.231 e. The summed E-state index contributed by atoms with van der Waals surface area (Å²) < 4.78 is 0. The number of nitrogens with one attached hydrogen (secondary N) is 1. The van der Waals surface area contributed by atoms with Crippen LogP contribution in [0.1, 0.15) is 37.7 Å². The van der Waals surface area contributed by atoms with E-state index in [9.17, 15) is 4.79 Å². The summed E-state index contributed by atoms with van der Waals surface area (Å²) in [6, 6.07) is 10.7. The average molecular weight is 287 g/mol. The summed E-state index contributed by atoms with van der Waals surface area (Å²) in [6.45, 7) is 5.26. The van der Waals surface area contributed by atoms with Crippen molar-refractivity contribution >= 4 is 5.91 Å². The van der Waals surface area contributed by atoms with Crippen LogP contribution in [0.25, 0.3) is 0 Å². The molecular weight excluding hydrogens is 260 g/mol. The average Bonchev–Trinajstić information content (AvgIpc) is 2.56. The zero-order chi connectivity index (χ0) is 14.5. The number of amides is 1. The molecule has 114 valence electrons. The van der Waals surface area contributed by atoms with Crippen LogP contribution in [-0.4, -0.2) is 37.0 Å². The number of likely N-dealkylation sites (tertiary alicyclic amines) is 2. The Kier molecular flexibility index (Phi) is 4.91. The standard InChI is InChI=1S/C18H26N2O/c21-18(20-12-5-2-6-13-20)17-10-7-11-19(15-17)14-16-8-3-1-4-9-16/h1,3-4,8-9,17H,2,5-7,10-15H2/p+1/t17-/m1/s1. The van der Waals surface area contributed by atoms with Gasteiger partial charge in [0.25, 0.3) is 0 Å². The molecule has 1 N–H and O–H groups in total. The molecule has 0 aliphatic carbocycles. The van der Waals surface area contributed by atoms with Crippen LogP contribution in [0.3, 0.4) is 0 Å². The van der Waals surface area contributed by atoms with Crippen molar-refractivity contribution in [1.82, 2.24) is 4.90 Å². The third kappa shape index (κ3) is 3.85. The lowest BCUT2D eigenvalue weighted by Crippen LogP contribution is -3.12. The highest BCUT2D eigenvalue weighted by Gasteiger charge is 2.32. The minimum absolute atomic E-state index is 0.260. The third-order valence-corrected chi connectivity index (χ3v) is 4.93. The van der Waals surface area contributed by atoms with Gasteiger partial charge < -0.3 is 9.80 Å². The zero-order valence-corrected chi connectivity index (χ0v) is 12.9. The summed E-state index contributed by atoms with van der Waals surface area (Å²) in [4.78, 5) is 16.4. The van der Waals surface area contributed by atoms with Crippen LogP contribution in [-0.2, 0) is 11.3 Å². The van der Waals surface area contributed by atoms with E-state index in [4.69, 9.17) is 0 Å². The molecule has 2 atom stereocenters. The fourth-order valence-corrected chi connectivity index (χ4v) is 3.78. The molecule has 2 aliphatic heterocycles. The van der Waals surface area contributed by atoms with Crippen molar-refractivity contribution < 1.29 is 9.69 Å². The maximum atomic E-state index is 12.7. The van der Waals surface area contributed by atoms with Gasteiger partial charge in [-0.2, -0.15) is 0 Å². The highest BCUT2D eigenvalue weighted by molar-refractivity contribution is 5.79. The molecule has 0 radical (unpaired) electrons. The molecule has 0 saturated carbocycles. The van der Waals surface area contributed by atoms with E-state index in [1.54, 1.807) is 4.90 Å². The van der Waals surface area contributed by atoms with Crippen LogP contribution in [0.2, 0.25) is 0 Å². The fourth-order valence-electron chi connectivity index (χ4n) is 3.78. The van der Waals surface area contributed by atoms with Gasteiger partial charge in [-0.15, -0.1) is 0 Å². The second-order valence-corrected chi connectivity index (χ2v) is 6.59. The third-order valence-electron chi connectivity index (χ3n) is 4.93. The van der Waals surface area contributed by atoms with Gasteiger partial charge in [-0.05, 0) is 32.1 Å². The van der Waals surface area contributed by atoms with E-state index in [1.807, 2.05) is 0 Å². The van der Waals surface area contributed by atoms with Gasteiger partial charge in [0.2, 0.25) is 5.91 Å². The molecule has 0 spiro atoms. The lowest BCUT2D eigenvalue weighted by Gasteiger charge is -2.34. The van der Waals surface area contributed by atoms with E-state index in [1.165, 1.54) is 37.8 Å². The summed E-state index contributed by atoms with van der Waals surface area (Å²) >= 11 is 0. The Morgan fingerprint density at radius 2 is 1.86 bits per heavy atom. The van der Waals surface area contributed by atoms with Crippen LogP contribution >= 0.6 is 0 Å². The molecule has 2 aliphatic rings. The first-order valence-electron chi connectivity index (χ1n) is 8.49. The smallest absolute Gasteiger partial charge is 0.231 e. The van der Waals surface area contributed by atoms with Gasteiger partial charge in [0.1, 0.15) is 6.54 Å². The number of piperidine rings is 2. The molecule has 3 nitrogen and oxygen atoms in total. The topological polar surface area (TPSA) is 24.8 Å². The molecule has 3 rings (SSSR count). The SMILES string of the molecule is O=C([C@@H]1CCC[NH+](Cc2ccccc2)C1)N1CCCCC1. The molecule has 1 unspecified atom stereocenters. The first-order chi connectivity index (χ1) is 10.3. The first kappa shape index (κ1) is 14.6. The van der Waals surface area contributed by atoms with Crippen LogP contribution < -0.4 is 4.90 Å². The minimum atomic E-state index is 0.260. The number of benzene rings is 1. The Morgan fingerprint density at radius 1 is 1.10 bits per heavy atom. The van der Waals surface area contributed by atoms with Crippen molar-refractivity contribution in [2.24, 2.45) is 5.92 Å². The Hall–Kier alpha value is -1.35. The van der Waals surface area contributed by atoms with E-state index in [0.717, 1.165) is 32.6 Å². The Balaban J connectivity index is 1.56. The molecule has 2 heterocycles. The number of rotatable bonds is 3. The summed E-state index contributed by atoms with van der Waals surface area (Å²) in [5.41, 5.74) is 1.39. The minimum Gasteiger partial charge on any atom is -0.342 e. The predicted molar refractivity (Wildman–Crippen MR) is 84.0 cm³/mol. The summed E-state index contributed by atoms with van der Waals surface area (Å²) in [5.74, 6) is 0.690. The normalized spacial score (nSPS) is 26.6. The van der Waals surface area contributed by atoms with Gasteiger partial charge in [-0.25, -0.2) is 0 Å². The molecule has 0 aromatic heterocycles. The number of nitrogens with zero attached hydrogens (tertiary/aromatic N) is 1. The second-order valence-electron chi connectivity index (χ2n) is 6.59. The Labute approximate surface area is 127 Å². The molecule has 1 amide bonds. The van der Waals surface area contributed by atoms with E-state index in [0.29, 0.717) is 5.91 Å². The van der Waals surface area contributed by atoms with Crippen LogP contribution in [0, 0.1) is 5.92 Å². The van der Waals surface area contributed by atoms with E-state index < -0.39 is 0 Å². The Bertz CT molecular complexity index is 454. The second kappa shape index (κ2) is 7.08. The molecule has 21 heavy (non-hydrogen) atoms. The molecule has 1 aromatic rings. The van der Waals surface area contributed by atoms with Crippen molar-refractivity contribution in [2.45, 2.75) is 38.6 Å². The van der Waals surface area contributed by atoms with Crippen molar-refractivity contribution in [3.63, 3.8) is 0 Å². The number of carbonyl (C=O) groups is 1. The number of hydrogen-bond donors (Lipinski definition) is 1. The monoisotopic (exact) mass is 287 g/mol. The number of quaternary nitrogens is 1. The Morgan fingerprint density at radius 3 is 2.62 bits per heavy atom.